The molecule has 0 bridgehead atoms. The Bertz CT molecular complexity index is 123. The lowest BCUT2D eigenvalue weighted by Crippen LogP contribution is -2.06. The monoisotopic (exact) mass is 208 g/mol. The second-order valence-corrected chi connectivity index (χ2v) is 9.79. The van der Waals surface area contributed by atoms with Crippen LogP contribution in [0.1, 0.15) is 39.5 Å². The topological polar surface area (TPSA) is 0 Å². The molecule has 0 rings (SSSR count). The van der Waals surface area contributed by atoms with Crippen LogP contribution in [0.5, 0.6) is 0 Å². The average molecular weight is 208 g/mol. The van der Waals surface area contributed by atoms with Crippen molar-refractivity contribution in [3.63, 3.8) is 0 Å². The molecule has 0 radical (unpaired) electrons. The first-order valence-corrected chi connectivity index (χ1v) is 9.10. The SMILES string of the molecule is CCCC/S(C)=S(\C)CCCC. The average Bonchev–Trinajstić information content (AvgIpc) is 2.10. The molecule has 0 aromatic rings. The zero-order valence-electron chi connectivity index (χ0n) is 9.06. The highest BCUT2D eigenvalue weighted by Gasteiger charge is 1.93. The molecule has 76 valence electrons. The van der Waals surface area contributed by atoms with Crippen LogP contribution in [0.2, 0.25) is 0 Å². The summed E-state index contributed by atoms with van der Waals surface area (Å²) in [6.07, 6.45) is 10.5. The fourth-order valence-electron chi connectivity index (χ4n) is 0.980. The Morgan fingerprint density at radius 1 is 0.750 bits per heavy atom. The maximum Gasteiger partial charge on any atom is -0.00704 e. The minimum Gasteiger partial charge on any atom is -0.165 e. The fraction of sp³-hybridized carbons (Fsp3) is 1.00. The van der Waals surface area contributed by atoms with Gasteiger partial charge < -0.3 is 0 Å². The van der Waals surface area contributed by atoms with Crippen molar-refractivity contribution in [1.29, 1.82) is 0 Å². The van der Waals surface area contributed by atoms with Crippen molar-refractivity contribution in [3.8, 4) is 0 Å². The number of hydrogen-bond donors (Lipinski definition) is 0. The van der Waals surface area contributed by atoms with Crippen LogP contribution in [0.15, 0.2) is 0 Å². The Morgan fingerprint density at radius 3 is 1.33 bits per heavy atom. The molecule has 0 aromatic carbocycles. The van der Waals surface area contributed by atoms with Crippen LogP contribution in [-0.4, -0.2) is 24.0 Å². The summed E-state index contributed by atoms with van der Waals surface area (Å²) < 4.78 is 0. The molecule has 0 aromatic heterocycles. The normalized spacial score (nSPS) is 16.0. The van der Waals surface area contributed by atoms with E-state index in [1.165, 1.54) is 37.2 Å². The molecule has 0 spiro atoms. The molecule has 0 fully saturated rings. The molecule has 2 atom stereocenters. The third-order valence-corrected chi connectivity index (χ3v) is 8.67. The van der Waals surface area contributed by atoms with Crippen LogP contribution >= 0.6 is 0 Å². The van der Waals surface area contributed by atoms with Crippen LogP contribution in [0.4, 0.5) is 0 Å². The maximum atomic E-state index is 2.45. The standard InChI is InChI=1S/C10H24S2/c1-5-7-9-11(3)12(4)10-8-6-2/h5-10H2,1-4H3. The Balaban J connectivity index is 3.72. The van der Waals surface area contributed by atoms with E-state index in [4.69, 9.17) is 0 Å². The minimum absolute atomic E-state index is 0.712. The van der Waals surface area contributed by atoms with E-state index in [9.17, 15) is 0 Å². The summed E-state index contributed by atoms with van der Waals surface area (Å²) in [4.78, 5) is 0. The lowest BCUT2D eigenvalue weighted by molar-refractivity contribution is 0.893. The summed E-state index contributed by atoms with van der Waals surface area (Å²) in [6.45, 7) is 4.58. The molecular weight excluding hydrogens is 184 g/mol. The van der Waals surface area contributed by atoms with E-state index in [0.29, 0.717) is 18.9 Å². The molecule has 2 unspecified atom stereocenters. The third kappa shape index (κ3) is 6.24. The summed E-state index contributed by atoms with van der Waals surface area (Å²) in [5.74, 6) is 2.94. The van der Waals surface area contributed by atoms with Gasteiger partial charge in [-0.3, -0.25) is 0 Å². The molecular formula is C10H24S2. The molecule has 12 heavy (non-hydrogen) atoms. The summed E-state index contributed by atoms with van der Waals surface area (Å²) >= 11 is 0. The Hall–Kier alpha value is 0.700. The lowest BCUT2D eigenvalue weighted by Gasteiger charge is -2.09. The number of hydrogen-bond acceptors (Lipinski definition) is 0. The van der Waals surface area contributed by atoms with Gasteiger partial charge in [-0.15, -0.1) is 0 Å². The first-order valence-electron chi connectivity index (χ1n) is 4.97. The van der Waals surface area contributed by atoms with E-state index >= 15 is 0 Å². The molecule has 0 saturated heterocycles. The first-order chi connectivity index (χ1) is 5.72. The Kier molecular flexibility index (Phi) is 8.79. The van der Waals surface area contributed by atoms with Crippen molar-refractivity contribution < 1.29 is 0 Å². The van der Waals surface area contributed by atoms with Crippen LogP contribution in [0.3, 0.4) is 0 Å². The van der Waals surface area contributed by atoms with Gasteiger partial charge in [0.2, 0.25) is 0 Å². The highest BCUT2D eigenvalue weighted by Crippen LogP contribution is 1.98. The minimum atomic E-state index is 0.712. The van der Waals surface area contributed by atoms with Crippen LogP contribution in [0.25, 0.3) is 0 Å². The number of rotatable bonds is 6. The predicted octanol–water partition coefficient (Wildman–Crippen LogP) is 3.00. The van der Waals surface area contributed by atoms with Gasteiger partial charge in [-0.25, -0.2) is 0 Å². The van der Waals surface area contributed by atoms with Gasteiger partial charge in [-0.2, -0.15) is 18.9 Å². The van der Waals surface area contributed by atoms with Crippen LogP contribution < -0.4 is 0 Å². The van der Waals surface area contributed by atoms with E-state index < -0.39 is 0 Å². The van der Waals surface area contributed by atoms with Crippen molar-refractivity contribution in [1.82, 2.24) is 0 Å². The van der Waals surface area contributed by atoms with Gasteiger partial charge >= 0.3 is 0 Å². The molecule has 0 aliphatic rings. The van der Waals surface area contributed by atoms with Gasteiger partial charge in [0.05, 0.1) is 0 Å². The molecule has 2 heteroatoms. The molecule has 0 N–H and O–H groups in total. The molecule has 0 heterocycles. The summed E-state index contributed by atoms with van der Waals surface area (Å²) in [5.41, 5.74) is 0. The van der Waals surface area contributed by atoms with Gasteiger partial charge in [-0.1, -0.05) is 26.7 Å². The van der Waals surface area contributed by atoms with E-state index in [1.54, 1.807) is 0 Å². The van der Waals surface area contributed by atoms with E-state index in [0.717, 1.165) is 0 Å². The zero-order valence-corrected chi connectivity index (χ0v) is 10.7. The van der Waals surface area contributed by atoms with Crippen molar-refractivity contribution in [2.45, 2.75) is 39.5 Å². The predicted molar refractivity (Wildman–Crippen MR) is 66.1 cm³/mol. The second-order valence-electron chi connectivity index (χ2n) is 3.26. The molecule has 0 saturated carbocycles. The van der Waals surface area contributed by atoms with Crippen LogP contribution in [0, 0.1) is 0 Å². The molecule has 0 amide bonds. The van der Waals surface area contributed by atoms with Gasteiger partial charge in [-0.05, 0) is 36.9 Å². The van der Waals surface area contributed by atoms with Crippen molar-refractivity contribution in [2.75, 3.05) is 24.0 Å². The maximum absolute atomic E-state index is 2.45. The second kappa shape index (κ2) is 8.31. The van der Waals surface area contributed by atoms with E-state index in [-0.39, 0.29) is 0 Å². The quantitative estimate of drug-likeness (QED) is 0.629. The lowest BCUT2D eigenvalue weighted by atomic mass is 10.4. The Labute approximate surface area is 82.7 Å². The van der Waals surface area contributed by atoms with Crippen molar-refractivity contribution in [2.24, 2.45) is 0 Å². The van der Waals surface area contributed by atoms with Crippen molar-refractivity contribution in [3.05, 3.63) is 0 Å². The van der Waals surface area contributed by atoms with E-state index in [1.807, 2.05) is 0 Å². The fourth-order valence-corrected chi connectivity index (χ4v) is 5.35. The molecule has 0 nitrogen and oxygen atoms in total. The molecule has 0 aliphatic heterocycles. The Morgan fingerprint density at radius 2 is 1.08 bits per heavy atom. The zero-order chi connectivity index (χ0) is 9.40. The van der Waals surface area contributed by atoms with Gasteiger partial charge in [0, 0.05) is 0 Å². The highest BCUT2D eigenvalue weighted by atomic mass is 32.9. The summed E-state index contributed by atoms with van der Waals surface area (Å²) in [6, 6.07) is 0. The van der Waals surface area contributed by atoms with Crippen molar-refractivity contribution >= 4 is 18.9 Å². The largest absolute Gasteiger partial charge is 0.165 e. The highest BCUT2D eigenvalue weighted by molar-refractivity contribution is 8.43. The van der Waals surface area contributed by atoms with E-state index in [2.05, 4.69) is 26.4 Å². The first kappa shape index (κ1) is 12.7. The third-order valence-electron chi connectivity index (χ3n) is 2.06. The van der Waals surface area contributed by atoms with Gasteiger partial charge in [0.1, 0.15) is 0 Å². The molecule has 0 aliphatic carbocycles. The van der Waals surface area contributed by atoms with Gasteiger partial charge in [0.25, 0.3) is 0 Å². The van der Waals surface area contributed by atoms with Gasteiger partial charge in [0.15, 0.2) is 0 Å². The smallest absolute Gasteiger partial charge is 0.00704 e. The summed E-state index contributed by atoms with van der Waals surface area (Å²) in [7, 11) is 1.42. The van der Waals surface area contributed by atoms with Crippen LogP contribution in [-0.2, 0) is 18.9 Å². The number of unbranched alkanes of at least 4 members (excludes halogenated alkanes) is 2. The summed E-state index contributed by atoms with van der Waals surface area (Å²) in [5, 5.41) is 0.